The maximum absolute atomic E-state index is 10.8. The van der Waals surface area contributed by atoms with E-state index in [-0.39, 0.29) is 6.10 Å². The van der Waals surface area contributed by atoms with Crippen LogP contribution in [0, 0.1) is 0 Å². The fraction of sp³-hybridized carbons (Fsp3) is 0.500. The van der Waals surface area contributed by atoms with Gasteiger partial charge in [0.2, 0.25) is 0 Å². The SMILES string of the molecule is O=Cc1ccc(OC2CCOC2)c(C2CC2)c1. The average Bonchev–Trinajstić information content (AvgIpc) is 3.08. The summed E-state index contributed by atoms with van der Waals surface area (Å²) >= 11 is 0. The van der Waals surface area contributed by atoms with Crippen molar-refractivity contribution in [1.29, 1.82) is 0 Å². The van der Waals surface area contributed by atoms with Crippen LogP contribution in [0.2, 0.25) is 0 Å². The molecule has 17 heavy (non-hydrogen) atoms. The molecule has 3 rings (SSSR count). The van der Waals surface area contributed by atoms with Gasteiger partial charge in [-0.25, -0.2) is 0 Å². The summed E-state index contributed by atoms with van der Waals surface area (Å²) in [6.07, 6.45) is 4.45. The molecule has 2 aliphatic rings. The fourth-order valence-electron chi connectivity index (χ4n) is 2.25. The quantitative estimate of drug-likeness (QED) is 0.748. The monoisotopic (exact) mass is 232 g/mol. The van der Waals surface area contributed by atoms with Crippen LogP contribution in [0.5, 0.6) is 5.75 Å². The third-order valence-corrected chi connectivity index (χ3v) is 3.37. The summed E-state index contributed by atoms with van der Waals surface area (Å²) < 4.78 is 11.3. The van der Waals surface area contributed by atoms with Gasteiger partial charge in [0.1, 0.15) is 18.1 Å². The van der Waals surface area contributed by atoms with Gasteiger partial charge in [0.15, 0.2) is 0 Å². The minimum atomic E-state index is 0.176. The van der Waals surface area contributed by atoms with Gasteiger partial charge in [-0.3, -0.25) is 4.79 Å². The lowest BCUT2D eigenvalue weighted by molar-refractivity contribution is 0.112. The summed E-state index contributed by atoms with van der Waals surface area (Å²) in [5.74, 6) is 1.53. The van der Waals surface area contributed by atoms with E-state index in [4.69, 9.17) is 9.47 Å². The Morgan fingerprint density at radius 3 is 2.82 bits per heavy atom. The number of carbonyl (C=O) groups is 1. The van der Waals surface area contributed by atoms with Crippen molar-refractivity contribution < 1.29 is 14.3 Å². The zero-order chi connectivity index (χ0) is 11.7. The number of rotatable bonds is 4. The molecule has 1 aromatic carbocycles. The number of hydrogen-bond donors (Lipinski definition) is 0. The zero-order valence-electron chi connectivity index (χ0n) is 9.72. The lowest BCUT2D eigenvalue weighted by atomic mass is 10.1. The van der Waals surface area contributed by atoms with Gasteiger partial charge in [-0.15, -0.1) is 0 Å². The van der Waals surface area contributed by atoms with E-state index in [0.29, 0.717) is 12.5 Å². The number of hydrogen-bond acceptors (Lipinski definition) is 3. The van der Waals surface area contributed by atoms with Gasteiger partial charge in [-0.05, 0) is 42.5 Å². The molecule has 0 spiro atoms. The predicted octanol–water partition coefficient (Wildman–Crippen LogP) is 2.54. The Morgan fingerprint density at radius 1 is 1.29 bits per heavy atom. The molecule has 0 N–H and O–H groups in total. The average molecular weight is 232 g/mol. The minimum absolute atomic E-state index is 0.176. The van der Waals surface area contributed by atoms with E-state index < -0.39 is 0 Å². The number of benzene rings is 1. The molecule has 1 aliphatic carbocycles. The molecule has 1 aromatic rings. The van der Waals surface area contributed by atoms with Crippen LogP contribution in [-0.4, -0.2) is 25.6 Å². The largest absolute Gasteiger partial charge is 0.488 e. The molecule has 3 nitrogen and oxygen atoms in total. The summed E-state index contributed by atoms with van der Waals surface area (Å²) in [6, 6.07) is 5.72. The molecule has 1 saturated heterocycles. The van der Waals surface area contributed by atoms with Crippen molar-refractivity contribution in [2.75, 3.05) is 13.2 Å². The number of aldehydes is 1. The highest BCUT2D eigenvalue weighted by Crippen LogP contribution is 2.44. The normalized spacial score (nSPS) is 23.6. The first-order valence-electron chi connectivity index (χ1n) is 6.20. The Hall–Kier alpha value is -1.35. The Labute approximate surface area is 101 Å². The van der Waals surface area contributed by atoms with Crippen LogP contribution in [0.1, 0.15) is 41.1 Å². The highest BCUT2D eigenvalue weighted by Gasteiger charge is 2.28. The van der Waals surface area contributed by atoms with Crippen LogP contribution in [0.25, 0.3) is 0 Å². The Bertz CT molecular complexity index is 417. The first-order valence-corrected chi connectivity index (χ1v) is 6.20. The predicted molar refractivity (Wildman–Crippen MR) is 63.7 cm³/mol. The summed E-state index contributed by atoms with van der Waals surface area (Å²) in [4.78, 5) is 10.8. The van der Waals surface area contributed by atoms with Crippen LogP contribution < -0.4 is 4.74 Å². The second-order valence-corrected chi connectivity index (χ2v) is 4.79. The van der Waals surface area contributed by atoms with Crippen LogP contribution in [-0.2, 0) is 4.74 Å². The molecule has 1 atom stereocenters. The lowest BCUT2D eigenvalue weighted by Gasteiger charge is -2.15. The van der Waals surface area contributed by atoms with E-state index in [1.54, 1.807) is 0 Å². The van der Waals surface area contributed by atoms with E-state index in [0.717, 1.165) is 30.6 Å². The van der Waals surface area contributed by atoms with Crippen LogP contribution >= 0.6 is 0 Å². The standard InChI is InChI=1S/C14H16O3/c15-8-10-1-4-14(13(7-10)11-2-3-11)17-12-5-6-16-9-12/h1,4,7-8,11-12H,2-3,5-6,9H2. The molecule has 1 aliphatic heterocycles. The second-order valence-electron chi connectivity index (χ2n) is 4.79. The molecular formula is C14H16O3. The molecule has 1 saturated carbocycles. The van der Waals surface area contributed by atoms with Crippen LogP contribution in [0.15, 0.2) is 18.2 Å². The van der Waals surface area contributed by atoms with Gasteiger partial charge < -0.3 is 9.47 Å². The van der Waals surface area contributed by atoms with Crippen LogP contribution in [0.3, 0.4) is 0 Å². The first-order chi connectivity index (χ1) is 8.36. The molecule has 90 valence electrons. The third kappa shape index (κ3) is 2.34. The first kappa shape index (κ1) is 10.8. The Balaban J connectivity index is 1.83. The zero-order valence-corrected chi connectivity index (χ0v) is 9.72. The van der Waals surface area contributed by atoms with Gasteiger partial charge >= 0.3 is 0 Å². The van der Waals surface area contributed by atoms with Crippen molar-refractivity contribution in [3.63, 3.8) is 0 Å². The van der Waals surface area contributed by atoms with Crippen molar-refractivity contribution in [2.24, 2.45) is 0 Å². The van der Waals surface area contributed by atoms with Gasteiger partial charge in [0.25, 0.3) is 0 Å². The van der Waals surface area contributed by atoms with E-state index in [1.165, 1.54) is 18.4 Å². The van der Waals surface area contributed by atoms with Gasteiger partial charge in [-0.2, -0.15) is 0 Å². The summed E-state index contributed by atoms with van der Waals surface area (Å²) in [5.41, 5.74) is 1.93. The van der Waals surface area contributed by atoms with Crippen molar-refractivity contribution in [1.82, 2.24) is 0 Å². The smallest absolute Gasteiger partial charge is 0.150 e. The summed E-state index contributed by atoms with van der Waals surface area (Å²) in [7, 11) is 0. The molecular weight excluding hydrogens is 216 g/mol. The van der Waals surface area contributed by atoms with Gasteiger partial charge in [0, 0.05) is 12.0 Å². The van der Waals surface area contributed by atoms with Crippen molar-refractivity contribution in [3.05, 3.63) is 29.3 Å². The van der Waals surface area contributed by atoms with Gasteiger partial charge in [-0.1, -0.05) is 0 Å². The number of carbonyl (C=O) groups excluding carboxylic acids is 1. The topological polar surface area (TPSA) is 35.5 Å². The highest BCUT2D eigenvalue weighted by molar-refractivity contribution is 5.75. The van der Waals surface area contributed by atoms with E-state index in [9.17, 15) is 4.79 Å². The molecule has 0 amide bonds. The number of ether oxygens (including phenoxy) is 2. The van der Waals surface area contributed by atoms with Gasteiger partial charge in [0.05, 0.1) is 13.2 Å². The second kappa shape index (κ2) is 4.49. The molecule has 2 fully saturated rings. The molecule has 0 bridgehead atoms. The maximum atomic E-state index is 10.8. The molecule has 0 aromatic heterocycles. The fourth-order valence-corrected chi connectivity index (χ4v) is 2.25. The summed E-state index contributed by atoms with van der Waals surface area (Å²) in [5, 5.41) is 0. The Morgan fingerprint density at radius 2 is 2.18 bits per heavy atom. The summed E-state index contributed by atoms with van der Waals surface area (Å²) in [6.45, 7) is 1.47. The van der Waals surface area contributed by atoms with E-state index in [2.05, 4.69) is 0 Å². The van der Waals surface area contributed by atoms with Crippen molar-refractivity contribution in [2.45, 2.75) is 31.3 Å². The maximum Gasteiger partial charge on any atom is 0.150 e. The minimum Gasteiger partial charge on any atom is -0.488 e. The molecule has 3 heteroatoms. The molecule has 1 heterocycles. The van der Waals surface area contributed by atoms with E-state index >= 15 is 0 Å². The molecule has 0 radical (unpaired) electrons. The Kier molecular flexibility index (Phi) is 2.85. The highest BCUT2D eigenvalue weighted by atomic mass is 16.5. The van der Waals surface area contributed by atoms with Crippen molar-refractivity contribution in [3.8, 4) is 5.75 Å². The van der Waals surface area contributed by atoms with Crippen LogP contribution in [0.4, 0.5) is 0 Å². The third-order valence-electron chi connectivity index (χ3n) is 3.37. The van der Waals surface area contributed by atoms with E-state index in [1.807, 2.05) is 18.2 Å². The van der Waals surface area contributed by atoms with Crippen molar-refractivity contribution >= 4 is 6.29 Å². The lowest BCUT2D eigenvalue weighted by Crippen LogP contribution is -2.16. The molecule has 1 unspecified atom stereocenters.